The monoisotopic (exact) mass is 398 g/mol. The van der Waals surface area contributed by atoms with Crippen LogP contribution in [-0.2, 0) is 16.1 Å². The molecule has 1 atom stereocenters. The molecule has 27 heavy (non-hydrogen) atoms. The number of halogens is 1. The van der Waals surface area contributed by atoms with E-state index in [2.05, 4.69) is 15.6 Å². The number of aromatic nitrogens is 2. The molecule has 0 saturated carbocycles. The number of carbonyl (C=O) groups excluding carboxylic acids is 2. The van der Waals surface area contributed by atoms with Gasteiger partial charge in [-0.1, -0.05) is 35.9 Å². The second kappa shape index (κ2) is 7.09. The third-order valence-corrected chi connectivity index (χ3v) is 4.96. The minimum atomic E-state index is -0.719. The van der Waals surface area contributed by atoms with E-state index >= 15 is 0 Å². The number of nitrogens with zero attached hydrogens (tertiary/aromatic N) is 2. The van der Waals surface area contributed by atoms with Gasteiger partial charge in [0.25, 0.3) is 0 Å². The van der Waals surface area contributed by atoms with Gasteiger partial charge in [-0.2, -0.15) is 0 Å². The van der Waals surface area contributed by atoms with E-state index in [1.165, 1.54) is 0 Å². The van der Waals surface area contributed by atoms with E-state index in [-0.39, 0.29) is 23.0 Å². The Bertz CT molecular complexity index is 1130. The van der Waals surface area contributed by atoms with Crippen molar-refractivity contribution in [3.8, 4) is 0 Å². The first-order valence-corrected chi connectivity index (χ1v) is 9.15. The molecule has 1 unspecified atom stereocenters. The highest BCUT2D eigenvalue weighted by atomic mass is 35.5. The average Bonchev–Trinajstić information content (AvgIpc) is 2.97. The predicted molar refractivity (Wildman–Crippen MR) is 106 cm³/mol. The van der Waals surface area contributed by atoms with Crippen LogP contribution in [0.5, 0.6) is 0 Å². The van der Waals surface area contributed by atoms with Gasteiger partial charge in [-0.05, 0) is 42.0 Å². The van der Waals surface area contributed by atoms with Crippen LogP contribution in [-0.4, -0.2) is 21.4 Å². The first-order chi connectivity index (χ1) is 13.0. The summed E-state index contributed by atoms with van der Waals surface area (Å²) in [7, 11) is 0. The number of hydrogen-bond acceptors (Lipinski definition) is 4. The summed E-state index contributed by atoms with van der Waals surface area (Å²) in [6, 6.07) is 14.0. The molecule has 3 aromatic rings. The standard InChI is InChI=1S/C19H15ClN4O2S/c20-12-5-3-4-11(8-12)10-21-16(25)9-15-18(26)23-17-13-6-1-2-7-14(13)22-19(27)24(15)17/h1-8,15H,9-10H2,(H,21,25)(H,23,26). The molecule has 0 aliphatic carbocycles. The topological polar surface area (TPSA) is 76.0 Å². The van der Waals surface area contributed by atoms with Crippen molar-refractivity contribution in [1.82, 2.24) is 14.9 Å². The van der Waals surface area contributed by atoms with Crippen molar-refractivity contribution in [3.05, 3.63) is 63.9 Å². The summed E-state index contributed by atoms with van der Waals surface area (Å²) in [4.78, 5) is 29.3. The number of para-hydroxylation sites is 1. The van der Waals surface area contributed by atoms with Gasteiger partial charge in [0.15, 0.2) is 0 Å². The molecule has 2 amide bonds. The maximum Gasteiger partial charge on any atom is 0.249 e. The van der Waals surface area contributed by atoms with Crippen molar-refractivity contribution in [2.75, 3.05) is 5.32 Å². The molecule has 136 valence electrons. The van der Waals surface area contributed by atoms with Crippen LogP contribution in [0.15, 0.2) is 48.5 Å². The smallest absolute Gasteiger partial charge is 0.249 e. The van der Waals surface area contributed by atoms with Gasteiger partial charge in [-0.25, -0.2) is 4.98 Å². The Morgan fingerprint density at radius 3 is 2.89 bits per heavy atom. The lowest BCUT2D eigenvalue weighted by atomic mass is 10.1. The number of amides is 2. The van der Waals surface area contributed by atoms with E-state index in [1.807, 2.05) is 36.4 Å². The number of fused-ring (bicyclic) bond motifs is 3. The molecule has 0 radical (unpaired) electrons. The Morgan fingerprint density at radius 2 is 2.07 bits per heavy atom. The summed E-state index contributed by atoms with van der Waals surface area (Å²) in [5, 5.41) is 7.05. The molecule has 2 aromatic carbocycles. The van der Waals surface area contributed by atoms with Gasteiger partial charge < -0.3 is 10.6 Å². The summed E-state index contributed by atoms with van der Waals surface area (Å²) >= 11 is 11.3. The normalized spacial score (nSPS) is 15.4. The van der Waals surface area contributed by atoms with E-state index in [1.54, 1.807) is 16.7 Å². The molecule has 8 heteroatoms. The zero-order valence-electron chi connectivity index (χ0n) is 14.1. The third-order valence-electron chi connectivity index (χ3n) is 4.44. The van der Waals surface area contributed by atoms with Crippen LogP contribution < -0.4 is 10.6 Å². The fourth-order valence-corrected chi connectivity index (χ4v) is 3.70. The zero-order valence-corrected chi connectivity index (χ0v) is 15.7. The van der Waals surface area contributed by atoms with Crippen LogP contribution in [0.2, 0.25) is 5.02 Å². The van der Waals surface area contributed by atoms with Crippen molar-refractivity contribution in [2.24, 2.45) is 0 Å². The second-order valence-electron chi connectivity index (χ2n) is 6.25. The van der Waals surface area contributed by atoms with E-state index in [4.69, 9.17) is 23.8 Å². The van der Waals surface area contributed by atoms with Crippen molar-refractivity contribution >= 4 is 52.4 Å². The fourth-order valence-electron chi connectivity index (χ4n) is 3.17. The van der Waals surface area contributed by atoms with Gasteiger partial charge in [0.2, 0.25) is 16.6 Å². The van der Waals surface area contributed by atoms with Crippen molar-refractivity contribution in [1.29, 1.82) is 0 Å². The molecular weight excluding hydrogens is 384 g/mol. The van der Waals surface area contributed by atoms with Gasteiger partial charge in [-0.15, -0.1) is 0 Å². The van der Waals surface area contributed by atoms with Gasteiger partial charge in [0.1, 0.15) is 11.9 Å². The largest absolute Gasteiger partial charge is 0.352 e. The molecule has 0 saturated heterocycles. The highest BCUT2D eigenvalue weighted by molar-refractivity contribution is 7.71. The molecule has 0 spiro atoms. The Kier molecular flexibility index (Phi) is 4.63. The minimum absolute atomic E-state index is 0.0201. The molecule has 4 rings (SSSR count). The molecule has 2 heterocycles. The van der Waals surface area contributed by atoms with E-state index in [0.29, 0.717) is 22.9 Å². The molecule has 1 aromatic heterocycles. The maximum absolute atomic E-state index is 12.5. The molecule has 6 nitrogen and oxygen atoms in total. The average molecular weight is 399 g/mol. The van der Waals surface area contributed by atoms with Gasteiger partial charge >= 0.3 is 0 Å². The summed E-state index contributed by atoms with van der Waals surface area (Å²) in [6.07, 6.45) is -0.0201. The first kappa shape index (κ1) is 17.6. The summed E-state index contributed by atoms with van der Waals surface area (Å²) in [6.45, 7) is 0.335. The summed E-state index contributed by atoms with van der Waals surface area (Å²) in [5.74, 6) is 0.0680. The van der Waals surface area contributed by atoms with Crippen LogP contribution in [0.25, 0.3) is 10.9 Å². The number of benzene rings is 2. The van der Waals surface area contributed by atoms with Crippen LogP contribution in [0.3, 0.4) is 0 Å². The molecule has 2 N–H and O–H groups in total. The SMILES string of the molecule is O=C(CC1C(=O)Nc2c3ccccc3nc(=S)n21)NCc1cccc(Cl)c1. The quantitative estimate of drug-likeness (QED) is 0.658. The number of nitrogens with one attached hydrogen (secondary N) is 2. The van der Waals surface area contributed by atoms with E-state index < -0.39 is 6.04 Å². The van der Waals surface area contributed by atoms with Crippen molar-refractivity contribution < 1.29 is 9.59 Å². The molecule has 0 bridgehead atoms. The highest BCUT2D eigenvalue weighted by Crippen LogP contribution is 2.32. The van der Waals surface area contributed by atoms with Crippen LogP contribution in [0, 0.1) is 4.77 Å². The predicted octanol–water partition coefficient (Wildman–Crippen LogP) is 3.62. The minimum Gasteiger partial charge on any atom is -0.352 e. The first-order valence-electron chi connectivity index (χ1n) is 8.36. The van der Waals surface area contributed by atoms with E-state index in [9.17, 15) is 9.59 Å². The van der Waals surface area contributed by atoms with Crippen molar-refractivity contribution in [2.45, 2.75) is 19.0 Å². The molecular formula is C19H15ClN4O2S. The number of carbonyl (C=O) groups is 2. The Balaban J connectivity index is 1.55. The van der Waals surface area contributed by atoms with Gasteiger partial charge in [0, 0.05) is 17.0 Å². The summed E-state index contributed by atoms with van der Waals surface area (Å²) in [5.41, 5.74) is 1.59. The highest BCUT2D eigenvalue weighted by Gasteiger charge is 2.33. The second-order valence-corrected chi connectivity index (χ2v) is 7.05. The lowest BCUT2D eigenvalue weighted by Crippen LogP contribution is -2.28. The number of hydrogen-bond donors (Lipinski definition) is 2. The zero-order chi connectivity index (χ0) is 19.0. The summed E-state index contributed by atoms with van der Waals surface area (Å²) < 4.78 is 1.90. The molecule has 1 aliphatic rings. The van der Waals surface area contributed by atoms with Crippen molar-refractivity contribution in [3.63, 3.8) is 0 Å². The number of rotatable bonds is 4. The fraction of sp³-hybridized carbons (Fsp3) is 0.158. The molecule has 1 aliphatic heterocycles. The third kappa shape index (κ3) is 3.43. The maximum atomic E-state index is 12.5. The Labute approximate surface area is 165 Å². The van der Waals surface area contributed by atoms with Crippen LogP contribution >= 0.6 is 23.8 Å². The Hall–Kier alpha value is -2.77. The number of anilines is 1. The Morgan fingerprint density at radius 1 is 1.26 bits per heavy atom. The van der Waals surface area contributed by atoms with Crippen LogP contribution in [0.4, 0.5) is 5.82 Å². The molecule has 0 fully saturated rings. The van der Waals surface area contributed by atoms with Gasteiger partial charge in [-0.3, -0.25) is 14.2 Å². The van der Waals surface area contributed by atoms with E-state index in [0.717, 1.165) is 10.9 Å². The lowest BCUT2D eigenvalue weighted by molar-refractivity contribution is -0.126. The van der Waals surface area contributed by atoms with Crippen LogP contribution in [0.1, 0.15) is 18.0 Å². The lowest BCUT2D eigenvalue weighted by Gasteiger charge is -2.13. The van der Waals surface area contributed by atoms with Gasteiger partial charge in [0.05, 0.1) is 11.9 Å².